The van der Waals surface area contributed by atoms with Gasteiger partial charge in [0.05, 0.1) is 17.6 Å². The molecule has 0 amide bonds. The minimum Gasteiger partial charge on any atom is -0.384 e. The standard InChI is InChI=1S/C33H31Cl2N3OS/c1-19-13-21(18-40-25-11-7-23(35)8-12-25)20(2)26(14-19)30-27(17-36)32(37)38(24-9-5-22(34)6-10-24)28-15-33(3,4)16-29(39)31(28)30/h5-14,30H,15-16,18,37H2,1-4H3. The Balaban J connectivity index is 1.66. The number of aryl methyl sites for hydroxylation is 1. The van der Waals surface area contributed by atoms with E-state index >= 15 is 0 Å². The molecular formula is C33H31Cl2N3OS. The molecular weight excluding hydrogens is 557 g/mol. The van der Waals surface area contributed by atoms with Gasteiger partial charge in [-0.1, -0.05) is 54.7 Å². The quantitative estimate of drug-likeness (QED) is 0.302. The van der Waals surface area contributed by atoms with Crippen LogP contribution in [0, 0.1) is 30.6 Å². The van der Waals surface area contributed by atoms with Crippen LogP contribution in [0.4, 0.5) is 5.69 Å². The Kier molecular flexibility index (Phi) is 7.81. The number of benzene rings is 3. The zero-order valence-corrected chi connectivity index (χ0v) is 25.3. The number of hydrogen-bond acceptors (Lipinski definition) is 5. The number of Topliss-reactive ketones (excluding diaryl/α,β-unsaturated/α-hetero) is 1. The Morgan fingerprint density at radius 1 is 1.02 bits per heavy atom. The van der Waals surface area contributed by atoms with E-state index in [1.165, 1.54) is 0 Å². The molecule has 3 aromatic carbocycles. The van der Waals surface area contributed by atoms with E-state index in [0.29, 0.717) is 39.9 Å². The number of rotatable bonds is 5. The number of carbonyl (C=O) groups excluding carboxylic acids is 1. The minimum atomic E-state index is -0.522. The third kappa shape index (κ3) is 5.41. The highest BCUT2D eigenvalue weighted by Crippen LogP contribution is 2.51. The molecule has 204 valence electrons. The molecule has 0 spiro atoms. The fourth-order valence-corrected chi connectivity index (χ4v) is 7.01. The number of hydrogen-bond donors (Lipinski definition) is 1. The van der Waals surface area contributed by atoms with Gasteiger partial charge < -0.3 is 5.73 Å². The molecule has 2 N–H and O–H groups in total. The van der Waals surface area contributed by atoms with E-state index in [1.807, 2.05) is 41.3 Å². The SMILES string of the molecule is Cc1cc(CSc2ccc(Cl)cc2)c(C)c(C2C(C#N)=C(N)N(c3ccc(Cl)cc3)C3=C2C(=O)CC(C)(C)C3)c1. The summed E-state index contributed by atoms with van der Waals surface area (Å²) in [7, 11) is 0. The van der Waals surface area contributed by atoms with Gasteiger partial charge in [0.2, 0.25) is 0 Å². The average molecular weight is 589 g/mol. The van der Waals surface area contributed by atoms with Crippen LogP contribution >= 0.6 is 35.0 Å². The molecule has 4 nitrogen and oxygen atoms in total. The molecule has 0 saturated heterocycles. The third-order valence-corrected chi connectivity index (χ3v) is 9.25. The van der Waals surface area contributed by atoms with Gasteiger partial charge in [-0.3, -0.25) is 9.69 Å². The molecule has 0 saturated carbocycles. The van der Waals surface area contributed by atoms with Crippen molar-refractivity contribution in [3.63, 3.8) is 0 Å². The molecule has 2 aliphatic rings. The Labute approximate surface area is 250 Å². The van der Waals surface area contributed by atoms with Gasteiger partial charge in [0.25, 0.3) is 0 Å². The molecule has 1 heterocycles. The van der Waals surface area contributed by atoms with Gasteiger partial charge in [-0.15, -0.1) is 11.8 Å². The summed E-state index contributed by atoms with van der Waals surface area (Å²) >= 11 is 14.0. The molecule has 5 rings (SSSR count). The van der Waals surface area contributed by atoms with E-state index in [2.05, 4.69) is 45.9 Å². The largest absolute Gasteiger partial charge is 0.384 e. The summed E-state index contributed by atoms with van der Waals surface area (Å²) in [5.74, 6) is 0.650. The summed E-state index contributed by atoms with van der Waals surface area (Å²) in [5.41, 5.74) is 13.6. The van der Waals surface area contributed by atoms with E-state index < -0.39 is 5.92 Å². The van der Waals surface area contributed by atoms with Gasteiger partial charge in [-0.2, -0.15) is 5.26 Å². The summed E-state index contributed by atoms with van der Waals surface area (Å²) < 4.78 is 0. The number of nitriles is 1. The number of anilines is 1. The van der Waals surface area contributed by atoms with Crippen LogP contribution in [-0.2, 0) is 10.5 Å². The zero-order chi connectivity index (χ0) is 28.8. The van der Waals surface area contributed by atoms with Crippen molar-refractivity contribution in [2.24, 2.45) is 11.1 Å². The number of nitrogens with two attached hydrogens (primary N) is 1. The number of allylic oxidation sites excluding steroid dienone is 3. The van der Waals surface area contributed by atoms with Crippen molar-refractivity contribution >= 4 is 46.4 Å². The van der Waals surface area contributed by atoms with Gasteiger partial charge in [-0.25, -0.2) is 0 Å². The number of nitrogens with zero attached hydrogens (tertiary/aromatic N) is 2. The average Bonchev–Trinajstić information content (AvgIpc) is 2.89. The summed E-state index contributed by atoms with van der Waals surface area (Å²) in [6.45, 7) is 8.35. The summed E-state index contributed by atoms with van der Waals surface area (Å²) in [5, 5.41) is 11.8. The zero-order valence-electron chi connectivity index (χ0n) is 23.0. The number of thioether (sulfide) groups is 1. The highest BCUT2D eigenvalue weighted by atomic mass is 35.5. The summed E-state index contributed by atoms with van der Waals surface area (Å²) in [6.07, 6.45) is 1.08. The van der Waals surface area contributed by atoms with E-state index in [-0.39, 0.29) is 11.2 Å². The summed E-state index contributed by atoms with van der Waals surface area (Å²) in [6, 6.07) is 21.9. The molecule has 40 heavy (non-hydrogen) atoms. The van der Waals surface area contributed by atoms with Crippen molar-refractivity contribution in [2.75, 3.05) is 4.90 Å². The van der Waals surface area contributed by atoms with Crippen LogP contribution in [0.1, 0.15) is 54.9 Å². The van der Waals surface area contributed by atoms with Gasteiger partial charge in [0, 0.05) is 44.1 Å². The molecule has 1 unspecified atom stereocenters. The fourth-order valence-electron chi connectivity index (χ4n) is 5.81. The van der Waals surface area contributed by atoms with Crippen molar-refractivity contribution in [1.82, 2.24) is 0 Å². The number of halogens is 2. The lowest BCUT2D eigenvalue weighted by Crippen LogP contribution is -2.42. The van der Waals surface area contributed by atoms with Gasteiger partial charge in [0.1, 0.15) is 5.82 Å². The normalized spacial score (nSPS) is 18.6. The van der Waals surface area contributed by atoms with Crippen LogP contribution in [0.15, 0.2) is 88.2 Å². The molecule has 1 atom stereocenters. The first-order valence-electron chi connectivity index (χ1n) is 13.2. The first-order valence-corrected chi connectivity index (χ1v) is 14.9. The van der Waals surface area contributed by atoms with E-state index in [9.17, 15) is 10.1 Å². The Morgan fingerprint density at radius 3 is 2.27 bits per heavy atom. The second-order valence-corrected chi connectivity index (χ2v) is 13.3. The lowest BCUT2D eigenvalue weighted by molar-refractivity contribution is -0.118. The van der Waals surface area contributed by atoms with Crippen molar-refractivity contribution in [3.8, 4) is 6.07 Å². The maximum absolute atomic E-state index is 14.0. The Hall–Kier alpha value is -3.17. The molecule has 3 aromatic rings. The lowest BCUT2D eigenvalue weighted by atomic mass is 9.68. The predicted octanol–water partition coefficient (Wildman–Crippen LogP) is 8.84. The maximum Gasteiger partial charge on any atom is 0.162 e. The van der Waals surface area contributed by atoms with Gasteiger partial charge >= 0.3 is 0 Å². The van der Waals surface area contributed by atoms with Crippen LogP contribution in [0.25, 0.3) is 0 Å². The highest BCUT2D eigenvalue weighted by Gasteiger charge is 2.45. The van der Waals surface area contributed by atoms with Crippen LogP contribution in [0.3, 0.4) is 0 Å². The highest BCUT2D eigenvalue weighted by molar-refractivity contribution is 7.98. The third-order valence-electron chi connectivity index (χ3n) is 7.68. The second-order valence-electron chi connectivity index (χ2n) is 11.3. The Bertz CT molecular complexity index is 1600. The Morgan fingerprint density at radius 2 is 1.65 bits per heavy atom. The van der Waals surface area contributed by atoms with Gasteiger partial charge in [0.15, 0.2) is 5.78 Å². The van der Waals surface area contributed by atoms with Gasteiger partial charge in [-0.05, 0) is 90.9 Å². The lowest BCUT2D eigenvalue weighted by Gasteiger charge is -2.44. The molecule has 1 aliphatic carbocycles. The van der Waals surface area contributed by atoms with Crippen LogP contribution in [0.5, 0.6) is 0 Å². The van der Waals surface area contributed by atoms with E-state index in [1.54, 1.807) is 23.9 Å². The second kappa shape index (κ2) is 11.0. The summed E-state index contributed by atoms with van der Waals surface area (Å²) in [4.78, 5) is 17.0. The fraction of sp³-hybridized carbons (Fsp3) is 0.273. The topological polar surface area (TPSA) is 70.1 Å². The van der Waals surface area contributed by atoms with Crippen molar-refractivity contribution in [3.05, 3.63) is 116 Å². The number of ketones is 1. The first-order chi connectivity index (χ1) is 19.0. The van der Waals surface area contributed by atoms with Crippen LogP contribution in [-0.4, -0.2) is 5.78 Å². The van der Waals surface area contributed by atoms with Crippen LogP contribution < -0.4 is 10.6 Å². The van der Waals surface area contributed by atoms with Crippen molar-refractivity contribution < 1.29 is 4.79 Å². The smallest absolute Gasteiger partial charge is 0.162 e. The first kappa shape index (κ1) is 28.4. The van der Waals surface area contributed by atoms with Crippen molar-refractivity contribution in [1.29, 1.82) is 5.26 Å². The maximum atomic E-state index is 14.0. The molecule has 0 fully saturated rings. The monoisotopic (exact) mass is 587 g/mol. The van der Waals surface area contributed by atoms with E-state index in [4.69, 9.17) is 28.9 Å². The predicted molar refractivity (Wildman–Crippen MR) is 165 cm³/mol. The molecule has 7 heteroatoms. The van der Waals surface area contributed by atoms with Crippen molar-refractivity contribution in [2.45, 2.75) is 57.1 Å². The number of carbonyl (C=O) groups is 1. The molecule has 0 bridgehead atoms. The van der Waals surface area contributed by atoms with Crippen LogP contribution in [0.2, 0.25) is 10.0 Å². The van der Waals surface area contributed by atoms with E-state index in [0.717, 1.165) is 44.3 Å². The minimum absolute atomic E-state index is 0.0634. The molecule has 0 aromatic heterocycles. The molecule has 1 aliphatic heterocycles. The molecule has 0 radical (unpaired) electrons.